The largest absolute Gasteiger partial charge is 0.508 e. The van der Waals surface area contributed by atoms with Crippen molar-refractivity contribution in [2.24, 2.45) is 5.10 Å². The van der Waals surface area contributed by atoms with Gasteiger partial charge in [-0.05, 0) is 35.4 Å². The first-order valence-electron chi connectivity index (χ1n) is 6.81. The SMILES string of the molecule is Oc1cccc(/C=N/n2cnnc2SCc2ccc(Cl)cc2)c1. The van der Waals surface area contributed by atoms with Crippen molar-refractivity contribution < 1.29 is 5.11 Å². The molecule has 23 heavy (non-hydrogen) atoms. The molecule has 0 radical (unpaired) electrons. The molecule has 116 valence electrons. The predicted octanol–water partition coefficient (Wildman–Crippen LogP) is 3.81. The van der Waals surface area contributed by atoms with E-state index >= 15 is 0 Å². The summed E-state index contributed by atoms with van der Waals surface area (Å²) < 4.78 is 1.60. The van der Waals surface area contributed by atoms with Gasteiger partial charge in [-0.25, -0.2) is 0 Å². The van der Waals surface area contributed by atoms with Crippen LogP contribution in [0.3, 0.4) is 0 Å². The summed E-state index contributed by atoms with van der Waals surface area (Å²) in [5, 5.41) is 23.1. The van der Waals surface area contributed by atoms with Crippen LogP contribution >= 0.6 is 23.4 Å². The molecule has 1 heterocycles. The number of aromatic hydroxyl groups is 1. The van der Waals surface area contributed by atoms with E-state index in [2.05, 4.69) is 15.3 Å². The third kappa shape index (κ3) is 4.34. The maximum Gasteiger partial charge on any atom is 0.212 e. The average Bonchev–Trinajstić information content (AvgIpc) is 3.00. The maximum atomic E-state index is 9.45. The summed E-state index contributed by atoms with van der Waals surface area (Å²) in [7, 11) is 0. The van der Waals surface area contributed by atoms with Crippen LogP contribution in [-0.2, 0) is 5.75 Å². The van der Waals surface area contributed by atoms with Crippen LogP contribution in [0.2, 0.25) is 5.02 Å². The third-order valence-electron chi connectivity index (χ3n) is 2.98. The Balaban J connectivity index is 1.68. The Morgan fingerprint density at radius 3 is 2.83 bits per heavy atom. The molecule has 0 bridgehead atoms. The fourth-order valence-electron chi connectivity index (χ4n) is 1.86. The summed E-state index contributed by atoms with van der Waals surface area (Å²) in [6, 6.07) is 14.5. The van der Waals surface area contributed by atoms with Crippen LogP contribution in [0.15, 0.2) is 65.1 Å². The van der Waals surface area contributed by atoms with Crippen LogP contribution in [0.5, 0.6) is 5.75 Å². The van der Waals surface area contributed by atoms with Crippen LogP contribution in [0.25, 0.3) is 0 Å². The lowest BCUT2D eigenvalue weighted by Crippen LogP contribution is -1.92. The lowest BCUT2D eigenvalue weighted by Gasteiger charge is -2.01. The quantitative estimate of drug-likeness (QED) is 0.564. The first-order valence-corrected chi connectivity index (χ1v) is 8.18. The Morgan fingerprint density at radius 2 is 2.04 bits per heavy atom. The molecular weight excluding hydrogens is 332 g/mol. The molecular formula is C16H13ClN4OS. The highest BCUT2D eigenvalue weighted by Crippen LogP contribution is 2.21. The molecule has 7 heteroatoms. The van der Waals surface area contributed by atoms with Crippen LogP contribution in [-0.4, -0.2) is 26.2 Å². The zero-order valence-corrected chi connectivity index (χ0v) is 13.6. The van der Waals surface area contributed by atoms with Gasteiger partial charge in [0.05, 0.1) is 6.21 Å². The van der Waals surface area contributed by atoms with E-state index in [1.54, 1.807) is 35.4 Å². The topological polar surface area (TPSA) is 63.3 Å². The number of thioether (sulfide) groups is 1. The molecule has 0 unspecified atom stereocenters. The molecule has 3 rings (SSSR count). The van der Waals surface area contributed by atoms with E-state index in [4.69, 9.17) is 11.6 Å². The Labute approximate surface area is 142 Å². The van der Waals surface area contributed by atoms with Crippen LogP contribution in [0, 0.1) is 0 Å². The lowest BCUT2D eigenvalue weighted by molar-refractivity contribution is 0.475. The highest BCUT2D eigenvalue weighted by molar-refractivity contribution is 7.98. The van der Waals surface area contributed by atoms with Crippen molar-refractivity contribution in [2.75, 3.05) is 0 Å². The van der Waals surface area contributed by atoms with E-state index in [0.717, 1.165) is 21.9 Å². The van der Waals surface area contributed by atoms with Gasteiger partial charge in [-0.1, -0.05) is 47.6 Å². The van der Waals surface area contributed by atoms with Crippen molar-refractivity contribution in [3.8, 4) is 5.75 Å². The predicted molar refractivity (Wildman–Crippen MR) is 92.1 cm³/mol. The minimum absolute atomic E-state index is 0.204. The van der Waals surface area contributed by atoms with Crippen LogP contribution in [0.4, 0.5) is 0 Å². The molecule has 2 aromatic carbocycles. The number of phenolic OH excluding ortho intramolecular Hbond substituents is 1. The Hall–Kier alpha value is -2.31. The number of rotatable bonds is 5. The van der Waals surface area contributed by atoms with E-state index in [1.165, 1.54) is 11.8 Å². The summed E-state index contributed by atoms with van der Waals surface area (Å²) in [6.45, 7) is 0. The number of halogens is 1. The number of benzene rings is 2. The van der Waals surface area contributed by atoms with Gasteiger partial charge in [0.15, 0.2) is 0 Å². The third-order valence-corrected chi connectivity index (χ3v) is 4.24. The van der Waals surface area contributed by atoms with Crippen molar-refractivity contribution >= 4 is 29.6 Å². The smallest absolute Gasteiger partial charge is 0.212 e. The Morgan fingerprint density at radius 1 is 1.22 bits per heavy atom. The summed E-state index contributed by atoms with van der Waals surface area (Å²) in [5.41, 5.74) is 1.94. The Bertz CT molecular complexity index is 817. The molecule has 0 saturated carbocycles. The van der Waals surface area contributed by atoms with Gasteiger partial charge in [0.25, 0.3) is 0 Å². The van der Waals surface area contributed by atoms with Crippen molar-refractivity contribution in [3.63, 3.8) is 0 Å². The van der Waals surface area contributed by atoms with E-state index in [0.29, 0.717) is 5.16 Å². The molecule has 1 aromatic heterocycles. The fourth-order valence-corrected chi connectivity index (χ4v) is 2.80. The van der Waals surface area contributed by atoms with Gasteiger partial charge in [0.2, 0.25) is 5.16 Å². The second-order valence-electron chi connectivity index (χ2n) is 4.71. The van der Waals surface area contributed by atoms with E-state index in [-0.39, 0.29) is 5.75 Å². The minimum Gasteiger partial charge on any atom is -0.508 e. The molecule has 5 nitrogen and oxygen atoms in total. The molecule has 3 aromatic rings. The highest BCUT2D eigenvalue weighted by atomic mass is 35.5. The second-order valence-corrected chi connectivity index (χ2v) is 6.09. The van der Waals surface area contributed by atoms with Crippen molar-refractivity contribution in [1.29, 1.82) is 0 Å². The fraction of sp³-hybridized carbons (Fsp3) is 0.0625. The van der Waals surface area contributed by atoms with Crippen molar-refractivity contribution in [2.45, 2.75) is 10.9 Å². The molecule has 0 spiro atoms. The van der Waals surface area contributed by atoms with Crippen LogP contribution < -0.4 is 0 Å². The number of aromatic nitrogens is 3. The van der Waals surface area contributed by atoms with Crippen LogP contribution in [0.1, 0.15) is 11.1 Å². The molecule has 0 aliphatic carbocycles. The zero-order chi connectivity index (χ0) is 16.1. The summed E-state index contributed by atoms with van der Waals surface area (Å²) in [4.78, 5) is 0. The monoisotopic (exact) mass is 344 g/mol. The summed E-state index contributed by atoms with van der Waals surface area (Å²) in [6.07, 6.45) is 3.19. The average molecular weight is 345 g/mol. The minimum atomic E-state index is 0.204. The molecule has 0 atom stereocenters. The van der Waals surface area contributed by atoms with Gasteiger partial charge < -0.3 is 5.11 Å². The van der Waals surface area contributed by atoms with Gasteiger partial charge in [-0.3, -0.25) is 0 Å². The first kappa shape index (κ1) is 15.6. The number of hydrogen-bond acceptors (Lipinski definition) is 5. The molecule has 0 amide bonds. The van der Waals surface area contributed by atoms with E-state index in [1.807, 2.05) is 30.3 Å². The molecule has 0 fully saturated rings. The zero-order valence-electron chi connectivity index (χ0n) is 12.0. The molecule has 1 N–H and O–H groups in total. The summed E-state index contributed by atoms with van der Waals surface area (Å²) in [5.74, 6) is 0.951. The summed E-state index contributed by atoms with van der Waals surface area (Å²) >= 11 is 7.41. The number of phenols is 1. The van der Waals surface area contributed by atoms with Gasteiger partial charge in [-0.2, -0.15) is 9.78 Å². The lowest BCUT2D eigenvalue weighted by atomic mass is 10.2. The molecule has 0 aliphatic heterocycles. The van der Waals surface area contributed by atoms with Gasteiger partial charge >= 0.3 is 0 Å². The highest BCUT2D eigenvalue weighted by Gasteiger charge is 2.04. The number of hydrogen-bond donors (Lipinski definition) is 1. The maximum absolute atomic E-state index is 9.45. The van der Waals surface area contributed by atoms with Gasteiger partial charge in [-0.15, -0.1) is 10.2 Å². The molecule has 0 saturated heterocycles. The second kappa shape index (κ2) is 7.30. The number of nitrogens with zero attached hydrogens (tertiary/aromatic N) is 4. The molecule has 0 aliphatic rings. The van der Waals surface area contributed by atoms with Gasteiger partial charge in [0, 0.05) is 10.8 Å². The van der Waals surface area contributed by atoms with Crippen molar-refractivity contribution in [1.82, 2.24) is 14.9 Å². The standard InChI is InChI=1S/C16H13ClN4OS/c17-14-6-4-12(5-7-14)10-23-16-20-18-11-21(16)19-9-13-2-1-3-15(22)8-13/h1-9,11,22H,10H2/b19-9+. The first-order chi connectivity index (χ1) is 11.2. The van der Waals surface area contributed by atoms with E-state index < -0.39 is 0 Å². The van der Waals surface area contributed by atoms with Gasteiger partial charge in [0.1, 0.15) is 12.1 Å². The van der Waals surface area contributed by atoms with E-state index in [9.17, 15) is 5.11 Å². The normalized spacial score (nSPS) is 11.2. The van der Waals surface area contributed by atoms with Crippen molar-refractivity contribution in [3.05, 3.63) is 71.0 Å². The Kier molecular flexibility index (Phi) is 4.95.